The molecule has 24 heavy (non-hydrogen) atoms. The number of amides is 1. The summed E-state index contributed by atoms with van der Waals surface area (Å²) < 4.78 is 1.64. The van der Waals surface area contributed by atoms with E-state index in [2.05, 4.69) is 28.5 Å². The zero-order valence-electron chi connectivity index (χ0n) is 13.3. The summed E-state index contributed by atoms with van der Waals surface area (Å²) in [7, 11) is 0. The Bertz CT molecular complexity index is 857. The minimum absolute atomic E-state index is 0.0612. The van der Waals surface area contributed by atoms with E-state index in [1.54, 1.807) is 10.9 Å². The van der Waals surface area contributed by atoms with Gasteiger partial charge >= 0.3 is 0 Å². The van der Waals surface area contributed by atoms with Crippen LogP contribution in [0.2, 0.25) is 0 Å². The Kier molecular flexibility index (Phi) is 3.83. The zero-order valence-corrected chi connectivity index (χ0v) is 13.3. The van der Waals surface area contributed by atoms with Crippen LogP contribution in [0.3, 0.4) is 0 Å². The van der Waals surface area contributed by atoms with Crippen molar-refractivity contribution in [2.75, 3.05) is 6.54 Å². The van der Waals surface area contributed by atoms with Gasteiger partial charge in [0, 0.05) is 13.1 Å². The van der Waals surface area contributed by atoms with Crippen molar-refractivity contribution in [1.82, 2.24) is 19.9 Å². The molecule has 0 aliphatic carbocycles. The second kappa shape index (κ2) is 6.28. The molecule has 0 atom stereocenters. The molecule has 1 aliphatic heterocycles. The molecule has 120 valence electrons. The molecule has 1 amide bonds. The van der Waals surface area contributed by atoms with Crippen LogP contribution in [0.5, 0.6) is 0 Å². The first-order valence-corrected chi connectivity index (χ1v) is 8.15. The van der Waals surface area contributed by atoms with Gasteiger partial charge in [-0.1, -0.05) is 47.7 Å². The van der Waals surface area contributed by atoms with Crippen molar-refractivity contribution in [2.24, 2.45) is 0 Å². The van der Waals surface area contributed by atoms with Crippen molar-refractivity contribution in [3.05, 3.63) is 77.6 Å². The van der Waals surface area contributed by atoms with Crippen molar-refractivity contribution < 1.29 is 4.79 Å². The lowest BCUT2D eigenvalue weighted by molar-refractivity contribution is 0.0740. The molecule has 0 unspecified atom stereocenters. The van der Waals surface area contributed by atoms with Crippen molar-refractivity contribution >= 4 is 5.91 Å². The predicted octanol–water partition coefficient (Wildman–Crippen LogP) is 2.86. The molecular formula is C19H18N4O. The van der Waals surface area contributed by atoms with Gasteiger partial charge in [0.2, 0.25) is 0 Å². The highest BCUT2D eigenvalue weighted by Gasteiger charge is 2.22. The van der Waals surface area contributed by atoms with Crippen molar-refractivity contribution in [3.8, 4) is 5.69 Å². The molecule has 0 saturated heterocycles. The van der Waals surface area contributed by atoms with Gasteiger partial charge in [-0.05, 0) is 36.1 Å². The average molecular weight is 318 g/mol. The van der Waals surface area contributed by atoms with Gasteiger partial charge in [-0.2, -0.15) is 0 Å². The molecule has 0 bridgehead atoms. The van der Waals surface area contributed by atoms with Gasteiger partial charge < -0.3 is 4.90 Å². The SMILES string of the molecule is O=C(c1cn(-c2ccccc2)nn1)N1CCCc2ccccc2C1. The summed E-state index contributed by atoms with van der Waals surface area (Å²) >= 11 is 0. The molecule has 0 fully saturated rings. The van der Waals surface area contributed by atoms with Gasteiger partial charge in [-0.15, -0.1) is 5.10 Å². The molecule has 5 nitrogen and oxygen atoms in total. The number of nitrogens with zero attached hydrogens (tertiary/aromatic N) is 4. The average Bonchev–Trinajstić information content (AvgIpc) is 3.02. The number of fused-ring (bicyclic) bond motifs is 1. The number of aryl methyl sites for hydroxylation is 1. The maximum atomic E-state index is 12.8. The number of hydrogen-bond donors (Lipinski definition) is 0. The summed E-state index contributed by atoms with van der Waals surface area (Å²) in [5.41, 5.74) is 3.84. The fraction of sp³-hybridized carbons (Fsp3) is 0.211. The van der Waals surface area contributed by atoms with E-state index < -0.39 is 0 Å². The van der Waals surface area contributed by atoms with E-state index >= 15 is 0 Å². The first-order chi connectivity index (χ1) is 11.8. The predicted molar refractivity (Wildman–Crippen MR) is 90.9 cm³/mol. The fourth-order valence-corrected chi connectivity index (χ4v) is 3.10. The molecule has 2 heterocycles. The molecule has 0 saturated carbocycles. The van der Waals surface area contributed by atoms with Crippen LogP contribution < -0.4 is 0 Å². The third-order valence-corrected chi connectivity index (χ3v) is 4.37. The number of rotatable bonds is 2. The summed E-state index contributed by atoms with van der Waals surface area (Å²) in [5, 5.41) is 8.17. The standard InChI is InChI=1S/C19H18N4O/c24-19(18-14-23(21-20-18)17-10-2-1-3-11-17)22-12-6-9-15-7-4-5-8-16(15)13-22/h1-5,7-8,10-11,14H,6,9,12-13H2. The van der Waals surface area contributed by atoms with Crippen LogP contribution in [-0.4, -0.2) is 32.3 Å². The van der Waals surface area contributed by atoms with Crippen LogP contribution in [0.15, 0.2) is 60.8 Å². The maximum absolute atomic E-state index is 12.8. The number of benzene rings is 2. The topological polar surface area (TPSA) is 51.0 Å². The van der Waals surface area contributed by atoms with Gasteiger partial charge in [-0.3, -0.25) is 4.79 Å². The third-order valence-electron chi connectivity index (χ3n) is 4.37. The van der Waals surface area contributed by atoms with Gasteiger partial charge in [0.15, 0.2) is 5.69 Å². The summed E-state index contributed by atoms with van der Waals surface area (Å²) in [6.45, 7) is 1.37. The lowest BCUT2D eigenvalue weighted by Crippen LogP contribution is -2.31. The molecule has 2 aromatic carbocycles. The Morgan fingerprint density at radius 3 is 2.54 bits per heavy atom. The maximum Gasteiger partial charge on any atom is 0.276 e. The van der Waals surface area contributed by atoms with Gasteiger partial charge in [-0.25, -0.2) is 4.68 Å². The van der Waals surface area contributed by atoms with Crippen LogP contribution in [0.4, 0.5) is 0 Å². The van der Waals surface area contributed by atoms with Crippen LogP contribution in [0.1, 0.15) is 28.0 Å². The van der Waals surface area contributed by atoms with Crippen LogP contribution in [0, 0.1) is 0 Å². The minimum atomic E-state index is -0.0612. The highest BCUT2D eigenvalue weighted by Crippen LogP contribution is 2.19. The Balaban J connectivity index is 1.57. The summed E-state index contributed by atoms with van der Waals surface area (Å²) in [4.78, 5) is 14.7. The molecular weight excluding hydrogens is 300 g/mol. The summed E-state index contributed by atoms with van der Waals surface area (Å²) in [6, 6.07) is 18.0. The van der Waals surface area contributed by atoms with E-state index in [1.807, 2.05) is 41.3 Å². The van der Waals surface area contributed by atoms with Gasteiger partial charge in [0.1, 0.15) is 0 Å². The first kappa shape index (κ1) is 14.6. The normalized spacial score (nSPS) is 14.1. The number of aromatic nitrogens is 3. The van der Waals surface area contributed by atoms with Crippen molar-refractivity contribution in [2.45, 2.75) is 19.4 Å². The second-order valence-electron chi connectivity index (χ2n) is 5.98. The van der Waals surface area contributed by atoms with Crippen molar-refractivity contribution in [1.29, 1.82) is 0 Å². The van der Waals surface area contributed by atoms with Crippen LogP contribution >= 0.6 is 0 Å². The number of carbonyl (C=O) groups is 1. The lowest BCUT2D eigenvalue weighted by Gasteiger charge is -2.19. The largest absolute Gasteiger partial charge is 0.333 e. The van der Waals surface area contributed by atoms with Crippen LogP contribution in [0.25, 0.3) is 5.69 Å². The Morgan fingerprint density at radius 1 is 0.958 bits per heavy atom. The van der Waals surface area contributed by atoms with Gasteiger partial charge in [0.05, 0.1) is 11.9 Å². The molecule has 0 radical (unpaired) electrons. The molecule has 5 heteroatoms. The fourth-order valence-electron chi connectivity index (χ4n) is 3.10. The number of para-hydroxylation sites is 1. The second-order valence-corrected chi connectivity index (χ2v) is 5.98. The zero-order chi connectivity index (χ0) is 16.4. The number of hydrogen-bond acceptors (Lipinski definition) is 3. The quantitative estimate of drug-likeness (QED) is 0.730. The van der Waals surface area contributed by atoms with Crippen molar-refractivity contribution in [3.63, 3.8) is 0 Å². The van der Waals surface area contributed by atoms with E-state index in [4.69, 9.17) is 0 Å². The highest BCUT2D eigenvalue weighted by atomic mass is 16.2. The van der Waals surface area contributed by atoms with Crippen LogP contribution in [-0.2, 0) is 13.0 Å². The third kappa shape index (κ3) is 2.80. The van der Waals surface area contributed by atoms with Gasteiger partial charge in [0.25, 0.3) is 5.91 Å². The molecule has 1 aliphatic rings. The smallest absolute Gasteiger partial charge is 0.276 e. The Morgan fingerprint density at radius 2 is 1.71 bits per heavy atom. The highest BCUT2D eigenvalue weighted by molar-refractivity contribution is 5.92. The molecule has 0 spiro atoms. The minimum Gasteiger partial charge on any atom is -0.333 e. The van der Waals surface area contributed by atoms with E-state index in [1.165, 1.54) is 11.1 Å². The monoisotopic (exact) mass is 318 g/mol. The molecule has 0 N–H and O–H groups in total. The summed E-state index contributed by atoms with van der Waals surface area (Å²) in [5.74, 6) is -0.0612. The summed E-state index contributed by atoms with van der Waals surface area (Å²) in [6.07, 6.45) is 3.68. The Hall–Kier alpha value is -2.95. The Labute approximate surface area is 140 Å². The first-order valence-electron chi connectivity index (χ1n) is 8.15. The number of carbonyl (C=O) groups excluding carboxylic acids is 1. The van der Waals surface area contributed by atoms with E-state index in [0.717, 1.165) is 25.1 Å². The lowest BCUT2D eigenvalue weighted by atomic mass is 10.0. The van der Waals surface area contributed by atoms with E-state index in [0.29, 0.717) is 12.2 Å². The molecule has 3 aromatic rings. The molecule has 4 rings (SSSR count). The molecule has 1 aromatic heterocycles. The van der Waals surface area contributed by atoms with E-state index in [9.17, 15) is 4.79 Å². The van der Waals surface area contributed by atoms with E-state index in [-0.39, 0.29) is 5.91 Å².